The van der Waals surface area contributed by atoms with Crippen LogP contribution in [0, 0.1) is 20.8 Å². The molecular formula is C34H34ClNO2. The van der Waals surface area contributed by atoms with Gasteiger partial charge in [-0.2, -0.15) is 0 Å². The number of aryl methyl sites for hydroxylation is 3. The molecule has 0 fully saturated rings. The Morgan fingerprint density at radius 3 is 2.18 bits per heavy atom. The van der Waals surface area contributed by atoms with E-state index in [2.05, 4.69) is 89.2 Å². The number of para-hydroxylation sites is 1. The molecule has 0 aliphatic carbocycles. The van der Waals surface area contributed by atoms with Crippen molar-refractivity contribution >= 4 is 23.5 Å². The first kappa shape index (κ1) is 27.2. The first-order chi connectivity index (χ1) is 18.3. The maximum Gasteiger partial charge on any atom is 0.139 e. The van der Waals surface area contributed by atoms with Gasteiger partial charge in [0.1, 0.15) is 17.8 Å². The molecule has 0 aliphatic rings. The van der Waals surface area contributed by atoms with E-state index in [1.54, 1.807) is 7.11 Å². The van der Waals surface area contributed by atoms with Crippen molar-refractivity contribution in [3.8, 4) is 22.6 Å². The van der Waals surface area contributed by atoms with Crippen LogP contribution in [-0.2, 0) is 5.41 Å². The van der Waals surface area contributed by atoms with Gasteiger partial charge in [-0.25, -0.2) is 0 Å². The summed E-state index contributed by atoms with van der Waals surface area (Å²) >= 11 is 5.88. The number of halogens is 1. The number of ether oxygens (including phenoxy) is 2. The third-order valence-electron chi connectivity index (χ3n) is 6.83. The minimum absolute atomic E-state index is 0.310. The Morgan fingerprint density at radius 2 is 1.47 bits per heavy atom. The summed E-state index contributed by atoms with van der Waals surface area (Å²) in [4.78, 5) is 4.98. The van der Waals surface area contributed by atoms with Gasteiger partial charge in [0.15, 0.2) is 0 Å². The minimum atomic E-state index is -0.310. The maximum absolute atomic E-state index is 6.13. The van der Waals surface area contributed by atoms with E-state index in [9.17, 15) is 0 Å². The van der Waals surface area contributed by atoms with Gasteiger partial charge >= 0.3 is 0 Å². The van der Waals surface area contributed by atoms with Crippen molar-refractivity contribution in [3.05, 3.63) is 124 Å². The molecule has 0 aliphatic heterocycles. The summed E-state index contributed by atoms with van der Waals surface area (Å²) in [5.74, 6) is 1.59. The molecule has 0 bridgehead atoms. The van der Waals surface area contributed by atoms with Crippen LogP contribution in [0.2, 0.25) is 0 Å². The molecule has 0 N–H and O–H groups in total. The SMILES string of the molecule is COc1c(C)cc(C)cc1-c1ccccc1/N=C/c1cc(C)cc(C(C)(C)c2ccccc2)c1O/C=C\Cl. The van der Waals surface area contributed by atoms with Gasteiger partial charge in [0.25, 0.3) is 0 Å². The van der Waals surface area contributed by atoms with E-state index in [1.165, 1.54) is 22.9 Å². The second kappa shape index (κ2) is 11.7. The molecular weight excluding hydrogens is 490 g/mol. The van der Waals surface area contributed by atoms with E-state index in [0.717, 1.165) is 50.6 Å². The molecule has 4 aromatic rings. The molecule has 0 heterocycles. The fourth-order valence-electron chi connectivity index (χ4n) is 4.98. The Bertz CT molecular complexity index is 1490. The highest BCUT2D eigenvalue weighted by Gasteiger charge is 2.28. The highest BCUT2D eigenvalue weighted by molar-refractivity contribution is 6.25. The zero-order valence-corrected chi connectivity index (χ0v) is 23.6. The standard InChI is InChI=1S/C34H34ClNO2/c1-23-18-25(3)32(37-6)29(20-23)28-14-10-11-15-31(28)36-22-26-19-24(2)21-30(33(26)38-17-16-35)34(4,5)27-12-8-7-9-13-27/h7-22H,1-6H3/b17-16-,36-22+. The van der Waals surface area contributed by atoms with Crippen LogP contribution >= 0.6 is 11.6 Å². The van der Waals surface area contributed by atoms with Crippen molar-refractivity contribution < 1.29 is 9.47 Å². The van der Waals surface area contributed by atoms with Gasteiger partial charge in [-0.3, -0.25) is 4.99 Å². The lowest BCUT2D eigenvalue weighted by Crippen LogP contribution is -2.20. The number of hydrogen-bond donors (Lipinski definition) is 0. The van der Waals surface area contributed by atoms with E-state index < -0.39 is 0 Å². The van der Waals surface area contributed by atoms with Crippen LogP contribution in [-0.4, -0.2) is 13.3 Å². The van der Waals surface area contributed by atoms with Crippen LogP contribution < -0.4 is 9.47 Å². The fraction of sp³-hybridized carbons (Fsp3) is 0.206. The lowest BCUT2D eigenvalue weighted by molar-refractivity contribution is 0.413. The normalized spacial score (nSPS) is 11.9. The Kier molecular flexibility index (Phi) is 8.38. The summed E-state index contributed by atoms with van der Waals surface area (Å²) in [7, 11) is 1.71. The molecule has 0 aromatic heterocycles. The summed E-state index contributed by atoms with van der Waals surface area (Å²) in [6, 6.07) is 27.1. The zero-order valence-electron chi connectivity index (χ0n) is 22.9. The molecule has 0 unspecified atom stereocenters. The van der Waals surface area contributed by atoms with E-state index >= 15 is 0 Å². The highest BCUT2D eigenvalue weighted by atomic mass is 35.5. The number of rotatable bonds is 8. The molecule has 0 atom stereocenters. The van der Waals surface area contributed by atoms with Crippen molar-refractivity contribution in [2.45, 2.75) is 40.0 Å². The van der Waals surface area contributed by atoms with E-state index in [1.807, 2.05) is 30.5 Å². The van der Waals surface area contributed by atoms with Gasteiger partial charge in [-0.15, -0.1) is 0 Å². The maximum atomic E-state index is 6.13. The smallest absolute Gasteiger partial charge is 0.139 e. The van der Waals surface area contributed by atoms with Gasteiger partial charge in [-0.1, -0.05) is 86.1 Å². The van der Waals surface area contributed by atoms with Crippen LogP contribution in [0.25, 0.3) is 11.1 Å². The van der Waals surface area contributed by atoms with Gasteiger partial charge in [0, 0.05) is 39.4 Å². The molecule has 0 spiro atoms. The van der Waals surface area contributed by atoms with Crippen molar-refractivity contribution in [2.75, 3.05) is 7.11 Å². The average molecular weight is 524 g/mol. The second-order valence-electron chi connectivity index (χ2n) is 10.0. The number of nitrogens with zero attached hydrogens (tertiary/aromatic N) is 1. The summed E-state index contributed by atoms with van der Waals surface area (Å²) in [6.45, 7) is 10.7. The molecule has 38 heavy (non-hydrogen) atoms. The first-order valence-electron chi connectivity index (χ1n) is 12.7. The summed E-state index contributed by atoms with van der Waals surface area (Å²) in [6.07, 6.45) is 3.38. The van der Waals surface area contributed by atoms with Crippen LogP contribution in [0.15, 0.2) is 95.7 Å². The van der Waals surface area contributed by atoms with Crippen molar-refractivity contribution in [1.29, 1.82) is 0 Å². The number of benzene rings is 4. The van der Waals surface area contributed by atoms with Crippen molar-refractivity contribution in [2.24, 2.45) is 4.99 Å². The average Bonchev–Trinajstić information content (AvgIpc) is 2.91. The van der Waals surface area contributed by atoms with Gasteiger partial charge in [-0.05, 0) is 61.2 Å². The second-order valence-corrected chi connectivity index (χ2v) is 10.3. The van der Waals surface area contributed by atoms with Crippen LogP contribution in [0.3, 0.4) is 0 Å². The molecule has 0 amide bonds. The first-order valence-corrected chi connectivity index (χ1v) is 13.1. The third kappa shape index (κ3) is 5.69. The third-order valence-corrected chi connectivity index (χ3v) is 6.93. The van der Waals surface area contributed by atoms with E-state index in [0.29, 0.717) is 0 Å². The Balaban J connectivity index is 1.87. The number of aliphatic imine (C=N–C) groups is 1. The van der Waals surface area contributed by atoms with Gasteiger partial charge in [0.05, 0.1) is 12.8 Å². The monoisotopic (exact) mass is 523 g/mol. The van der Waals surface area contributed by atoms with Gasteiger partial charge < -0.3 is 9.47 Å². The molecule has 3 nitrogen and oxygen atoms in total. The predicted molar refractivity (Wildman–Crippen MR) is 161 cm³/mol. The lowest BCUT2D eigenvalue weighted by Gasteiger charge is -2.29. The van der Waals surface area contributed by atoms with Crippen molar-refractivity contribution in [3.63, 3.8) is 0 Å². The van der Waals surface area contributed by atoms with Crippen LogP contribution in [0.5, 0.6) is 11.5 Å². The molecule has 0 radical (unpaired) electrons. The molecule has 4 rings (SSSR count). The molecule has 4 heteroatoms. The molecule has 0 saturated carbocycles. The fourth-order valence-corrected chi connectivity index (χ4v) is 5.03. The topological polar surface area (TPSA) is 30.8 Å². The van der Waals surface area contributed by atoms with Gasteiger partial charge in [0.2, 0.25) is 0 Å². The lowest BCUT2D eigenvalue weighted by atomic mass is 9.76. The van der Waals surface area contributed by atoms with E-state index in [4.69, 9.17) is 26.1 Å². The predicted octanol–water partition coefficient (Wildman–Crippen LogP) is 9.45. The molecule has 194 valence electrons. The number of methoxy groups -OCH3 is 1. The Morgan fingerprint density at radius 1 is 0.789 bits per heavy atom. The highest BCUT2D eigenvalue weighted by Crippen LogP contribution is 2.41. The van der Waals surface area contributed by atoms with Crippen LogP contribution in [0.4, 0.5) is 5.69 Å². The minimum Gasteiger partial charge on any atom is -0.496 e. The largest absolute Gasteiger partial charge is 0.496 e. The summed E-state index contributed by atoms with van der Waals surface area (Å²) in [5, 5.41) is 0. The van der Waals surface area contributed by atoms with E-state index in [-0.39, 0.29) is 5.41 Å². The van der Waals surface area contributed by atoms with Crippen LogP contribution in [0.1, 0.15) is 47.2 Å². The Hall–Kier alpha value is -3.82. The quantitative estimate of drug-likeness (QED) is 0.170. The number of hydrogen-bond acceptors (Lipinski definition) is 3. The molecule has 0 saturated heterocycles. The van der Waals surface area contributed by atoms with Crippen molar-refractivity contribution in [1.82, 2.24) is 0 Å². The zero-order chi connectivity index (χ0) is 27.3. The Labute approximate surface area is 231 Å². The summed E-state index contributed by atoms with van der Waals surface area (Å²) in [5.41, 5.74) is 10.5. The molecule has 4 aromatic carbocycles. The summed E-state index contributed by atoms with van der Waals surface area (Å²) < 4.78 is 11.9.